The summed E-state index contributed by atoms with van der Waals surface area (Å²) in [6, 6.07) is 10.3. The Morgan fingerprint density at radius 2 is 1.46 bits per heavy atom. The Bertz CT molecular complexity index is 825. The summed E-state index contributed by atoms with van der Waals surface area (Å²) in [5.41, 5.74) is 2.10. The number of nitrogens with zero attached hydrogens (tertiary/aromatic N) is 3. The lowest BCUT2D eigenvalue weighted by Gasteiger charge is -2.02. The second-order valence-electron chi connectivity index (χ2n) is 7.59. The lowest BCUT2D eigenvalue weighted by Crippen LogP contribution is -1.90. The first-order chi connectivity index (χ1) is 13.8. The molecule has 1 aromatic carbocycles. The number of rotatable bonds is 13. The maximum atomic E-state index is 4.78. The standard InChI is InChI=1S/C23H32BrN3S/c1-2-3-4-5-6-7-8-9-10-11-15-18-20-26-27-22(24)21(25-23(27)28-20)19-16-13-12-14-17-19/h12-14,16-17H,2-11,15,18H2,1H3. The maximum Gasteiger partial charge on any atom is 0.213 e. The van der Waals surface area contributed by atoms with E-state index in [1.807, 2.05) is 22.7 Å². The number of aromatic nitrogens is 3. The van der Waals surface area contributed by atoms with Gasteiger partial charge < -0.3 is 0 Å². The summed E-state index contributed by atoms with van der Waals surface area (Å²) in [6.45, 7) is 2.28. The topological polar surface area (TPSA) is 30.2 Å². The molecule has 3 aromatic rings. The fourth-order valence-electron chi connectivity index (χ4n) is 3.58. The van der Waals surface area contributed by atoms with E-state index in [0.29, 0.717) is 0 Å². The van der Waals surface area contributed by atoms with Gasteiger partial charge in [0.15, 0.2) is 0 Å². The van der Waals surface area contributed by atoms with Gasteiger partial charge in [-0.3, -0.25) is 0 Å². The molecule has 0 fully saturated rings. The third-order valence-corrected chi connectivity index (χ3v) is 6.91. The van der Waals surface area contributed by atoms with Crippen molar-refractivity contribution < 1.29 is 0 Å². The molecule has 0 N–H and O–H groups in total. The van der Waals surface area contributed by atoms with E-state index in [4.69, 9.17) is 10.1 Å². The van der Waals surface area contributed by atoms with Crippen LogP contribution in [0.15, 0.2) is 34.9 Å². The molecule has 2 aromatic heterocycles. The number of hydrogen-bond acceptors (Lipinski definition) is 3. The van der Waals surface area contributed by atoms with E-state index in [-0.39, 0.29) is 0 Å². The smallest absolute Gasteiger partial charge is 0.213 e. The van der Waals surface area contributed by atoms with Crippen LogP contribution in [-0.4, -0.2) is 14.6 Å². The minimum atomic E-state index is 0.954. The van der Waals surface area contributed by atoms with E-state index in [9.17, 15) is 0 Å². The lowest BCUT2D eigenvalue weighted by molar-refractivity contribution is 0.549. The molecule has 0 amide bonds. The highest BCUT2D eigenvalue weighted by molar-refractivity contribution is 9.10. The van der Waals surface area contributed by atoms with Crippen LogP contribution in [0.2, 0.25) is 0 Å². The summed E-state index contributed by atoms with van der Waals surface area (Å²) in [6.07, 6.45) is 16.2. The summed E-state index contributed by atoms with van der Waals surface area (Å²) < 4.78 is 2.90. The van der Waals surface area contributed by atoms with Gasteiger partial charge in [0.1, 0.15) is 15.3 Å². The van der Waals surface area contributed by atoms with Crippen LogP contribution in [0.1, 0.15) is 82.6 Å². The molecular weight excluding hydrogens is 430 g/mol. The van der Waals surface area contributed by atoms with Crippen molar-refractivity contribution in [2.75, 3.05) is 0 Å². The van der Waals surface area contributed by atoms with Gasteiger partial charge in [0.2, 0.25) is 4.96 Å². The average molecular weight is 463 g/mol. The van der Waals surface area contributed by atoms with Crippen LogP contribution in [0, 0.1) is 0 Å². The third kappa shape index (κ3) is 6.15. The Morgan fingerprint density at radius 3 is 2.07 bits per heavy atom. The second kappa shape index (κ2) is 11.7. The summed E-state index contributed by atoms with van der Waals surface area (Å²) in [4.78, 5) is 5.76. The number of unbranched alkanes of at least 4 members (excludes halogenated alkanes) is 10. The van der Waals surface area contributed by atoms with Crippen LogP contribution in [0.4, 0.5) is 0 Å². The van der Waals surface area contributed by atoms with Crippen LogP contribution in [0.3, 0.4) is 0 Å². The van der Waals surface area contributed by atoms with Crippen LogP contribution in [-0.2, 0) is 6.42 Å². The van der Waals surface area contributed by atoms with Crippen molar-refractivity contribution in [1.29, 1.82) is 0 Å². The predicted molar refractivity (Wildman–Crippen MR) is 124 cm³/mol. The van der Waals surface area contributed by atoms with Crippen molar-refractivity contribution in [1.82, 2.24) is 14.6 Å². The molecule has 3 rings (SSSR count). The quantitative estimate of drug-likeness (QED) is 0.240. The van der Waals surface area contributed by atoms with Crippen LogP contribution in [0.25, 0.3) is 16.2 Å². The summed E-state index contributed by atoms with van der Waals surface area (Å²) >= 11 is 5.40. The van der Waals surface area contributed by atoms with Gasteiger partial charge in [-0.2, -0.15) is 9.61 Å². The molecule has 0 aliphatic rings. The molecule has 0 aliphatic carbocycles. The largest absolute Gasteiger partial charge is 0.216 e. The minimum absolute atomic E-state index is 0.954. The highest BCUT2D eigenvalue weighted by atomic mass is 79.9. The number of benzene rings is 1. The molecule has 152 valence electrons. The van der Waals surface area contributed by atoms with Gasteiger partial charge in [-0.1, -0.05) is 113 Å². The van der Waals surface area contributed by atoms with Gasteiger partial charge in [-0.25, -0.2) is 4.98 Å². The SMILES string of the molecule is CCCCCCCCCCCCCc1nn2c(Br)c(-c3ccccc3)nc2s1. The molecule has 0 saturated heterocycles. The molecule has 0 aliphatic heterocycles. The fraction of sp³-hybridized carbons (Fsp3) is 0.565. The lowest BCUT2D eigenvalue weighted by atomic mass is 10.1. The summed E-state index contributed by atoms with van der Waals surface area (Å²) in [5.74, 6) is 0. The Morgan fingerprint density at radius 1 is 0.857 bits per heavy atom. The Labute approximate surface area is 181 Å². The molecule has 0 unspecified atom stereocenters. The molecule has 28 heavy (non-hydrogen) atoms. The van der Waals surface area contributed by atoms with Crippen molar-refractivity contribution in [2.24, 2.45) is 0 Å². The van der Waals surface area contributed by atoms with Crippen molar-refractivity contribution in [2.45, 2.75) is 84.0 Å². The normalized spacial score (nSPS) is 11.5. The number of fused-ring (bicyclic) bond motifs is 1. The van der Waals surface area contributed by atoms with E-state index in [0.717, 1.165) is 27.2 Å². The summed E-state index contributed by atoms with van der Waals surface area (Å²) in [7, 11) is 0. The fourth-order valence-corrected chi connectivity index (χ4v) is 5.20. The highest BCUT2D eigenvalue weighted by Crippen LogP contribution is 2.31. The van der Waals surface area contributed by atoms with Gasteiger partial charge in [0, 0.05) is 12.0 Å². The highest BCUT2D eigenvalue weighted by Gasteiger charge is 2.15. The van der Waals surface area contributed by atoms with Gasteiger partial charge in [0.05, 0.1) is 0 Å². The van der Waals surface area contributed by atoms with Gasteiger partial charge in [-0.15, -0.1) is 0 Å². The number of aryl methyl sites for hydroxylation is 1. The first-order valence-electron chi connectivity index (χ1n) is 10.9. The first kappa shape index (κ1) is 21.5. The molecule has 2 heterocycles. The molecule has 0 spiro atoms. The van der Waals surface area contributed by atoms with E-state index < -0.39 is 0 Å². The molecule has 0 bridgehead atoms. The van der Waals surface area contributed by atoms with Crippen molar-refractivity contribution in [3.63, 3.8) is 0 Å². The van der Waals surface area contributed by atoms with Crippen molar-refractivity contribution >= 4 is 32.2 Å². The van der Waals surface area contributed by atoms with Crippen LogP contribution < -0.4 is 0 Å². The van der Waals surface area contributed by atoms with Gasteiger partial charge in [-0.05, 0) is 22.4 Å². The Hall–Kier alpha value is -1.20. The zero-order chi connectivity index (χ0) is 19.6. The van der Waals surface area contributed by atoms with Crippen LogP contribution in [0.5, 0.6) is 0 Å². The predicted octanol–water partition coefficient (Wildman–Crippen LogP) is 8.07. The molecule has 3 nitrogen and oxygen atoms in total. The third-order valence-electron chi connectivity index (χ3n) is 5.23. The van der Waals surface area contributed by atoms with E-state index in [2.05, 4.69) is 35.0 Å². The average Bonchev–Trinajstić information content (AvgIpc) is 3.25. The van der Waals surface area contributed by atoms with Crippen molar-refractivity contribution in [3.8, 4) is 11.3 Å². The molecule has 0 radical (unpaired) electrons. The molecular formula is C23H32BrN3S. The van der Waals surface area contributed by atoms with E-state index >= 15 is 0 Å². The minimum Gasteiger partial charge on any atom is -0.216 e. The van der Waals surface area contributed by atoms with Gasteiger partial charge in [0.25, 0.3) is 0 Å². The zero-order valence-electron chi connectivity index (χ0n) is 17.0. The molecule has 0 atom stereocenters. The van der Waals surface area contributed by atoms with Crippen LogP contribution >= 0.6 is 27.3 Å². The monoisotopic (exact) mass is 461 g/mol. The van der Waals surface area contributed by atoms with Crippen molar-refractivity contribution in [3.05, 3.63) is 39.9 Å². The molecule has 5 heteroatoms. The second-order valence-corrected chi connectivity index (χ2v) is 9.38. The number of halogens is 1. The maximum absolute atomic E-state index is 4.78. The number of imidazole rings is 1. The zero-order valence-corrected chi connectivity index (χ0v) is 19.4. The van der Waals surface area contributed by atoms with E-state index in [1.54, 1.807) is 11.3 Å². The summed E-state index contributed by atoms with van der Waals surface area (Å²) in [5, 5.41) is 5.96. The van der Waals surface area contributed by atoms with Gasteiger partial charge >= 0.3 is 0 Å². The Balaban J connectivity index is 1.36. The molecule has 0 saturated carbocycles. The first-order valence-corrected chi connectivity index (χ1v) is 12.5. The Kier molecular flexibility index (Phi) is 9.00. The van der Waals surface area contributed by atoms with E-state index in [1.165, 1.54) is 75.6 Å². The number of hydrogen-bond donors (Lipinski definition) is 0.